The monoisotopic (exact) mass is 234 g/mol. The Morgan fingerprint density at radius 1 is 1.41 bits per heavy atom. The highest BCUT2D eigenvalue weighted by molar-refractivity contribution is 5.85. The second-order valence-electron chi connectivity index (χ2n) is 5.78. The summed E-state index contributed by atoms with van der Waals surface area (Å²) in [6, 6.07) is 2.27. The van der Waals surface area contributed by atoms with Crippen LogP contribution in [-0.2, 0) is 4.79 Å². The first-order chi connectivity index (χ1) is 8.18. The fourth-order valence-corrected chi connectivity index (χ4v) is 2.80. The molecule has 2 aliphatic rings. The van der Waals surface area contributed by atoms with Gasteiger partial charge in [0.25, 0.3) is 0 Å². The van der Waals surface area contributed by atoms with Gasteiger partial charge >= 0.3 is 0 Å². The zero-order valence-corrected chi connectivity index (χ0v) is 10.7. The Hall–Kier alpha value is -1.04. The number of carbonyl (C=O) groups is 1. The molecular formula is C14H22N2O. The molecule has 0 saturated heterocycles. The Kier molecular flexibility index (Phi) is 3.71. The first kappa shape index (κ1) is 12.4. The molecule has 1 amide bonds. The summed E-state index contributed by atoms with van der Waals surface area (Å²) in [6.07, 6.45) is 7.29. The molecule has 0 aliphatic heterocycles. The average Bonchev–Trinajstić information content (AvgIpc) is 3.20. The SMILES string of the molecule is CC(CNC(=O)C1(C#N)CCCCC1)C1CC1. The average molecular weight is 234 g/mol. The number of nitrogens with zero attached hydrogens (tertiary/aromatic N) is 1. The molecule has 1 atom stereocenters. The minimum atomic E-state index is -0.721. The number of carbonyl (C=O) groups excluding carboxylic acids is 1. The molecule has 3 nitrogen and oxygen atoms in total. The second kappa shape index (κ2) is 5.08. The minimum absolute atomic E-state index is 0.0211. The van der Waals surface area contributed by atoms with Crippen LogP contribution in [0.3, 0.4) is 0 Å². The minimum Gasteiger partial charge on any atom is -0.354 e. The lowest BCUT2D eigenvalue weighted by Crippen LogP contribution is -2.43. The zero-order chi connectivity index (χ0) is 12.3. The molecule has 0 spiro atoms. The Morgan fingerprint density at radius 3 is 2.59 bits per heavy atom. The maximum absolute atomic E-state index is 12.2. The van der Waals surface area contributed by atoms with Gasteiger partial charge in [0.05, 0.1) is 6.07 Å². The molecule has 0 bridgehead atoms. The van der Waals surface area contributed by atoms with E-state index in [1.54, 1.807) is 0 Å². The van der Waals surface area contributed by atoms with Gasteiger partial charge in [-0.25, -0.2) is 0 Å². The van der Waals surface area contributed by atoms with Gasteiger partial charge in [0.15, 0.2) is 0 Å². The third kappa shape index (κ3) is 2.80. The summed E-state index contributed by atoms with van der Waals surface area (Å²) in [5.74, 6) is 1.35. The summed E-state index contributed by atoms with van der Waals surface area (Å²) in [4.78, 5) is 12.2. The van der Waals surface area contributed by atoms with E-state index in [0.717, 1.165) is 44.6 Å². The summed E-state index contributed by atoms with van der Waals surface area (Å²) < 4.78 is 0. The Morgan fingerprint density at radius 2 is 2.06 bits per heavy atom. The Bertz CT molecular complexity index is 322. The summed E-state index contributed by atoms with van der Waals surface area (Å²) in [6.45, 7) is 2.94. The number of hydrogen-bond acceptors (Lipinski definition) is 2. The predicted molar refractivity (Wildman–Crippen MR) is 66.0 cm³/mol. The molecule has 0 aromatic heterocycles. The van der Waals surface area contributed by atoms with Crippen LogP contribution >= 0.6 is 0 Å². The van der Waals surface area contributed by atoms with Gasteiger partial charge in [-0.2, -0.15) is 5.26 Å². The first-order valence-corrected chi connectivity index (χ1v) is 6.87. The molecule has 2 aliphatic carbocycles. The maximum atomic E-state index is 12.2. The fourth-order valence-electron chi connectivity index (χ4n) is 2.80. The van der Waals surface area contributed by atoms with E-state index in [-0.39, 0.29) is 5.91 Å². The first-order valence-electron chi connectivity index (χ1n) is 6.87. The van der Waals surface area contributed by atoms with E-state index in [1.165, 1.54) is 12.8 Å². The normalized spacial score (nSPS) is 24.7. The van der Waals surface area contributed by atoms with Crippen molar-refractivity contribution in [1.82, 2.24) is 5.32 Å². The molecule has 0 aromatic carbocycles. The number of amides is 1. The van der Waals surface area contributed by atoms with Gasteiger partial charge < -0.3 is 5.32 Å². The molecule has 0 heterocycles. The molecule has 2 rings (SSSR count). The van der Waals surface area contributed by atoms with Gasteiger partial charge in [0.1, 0.15) is 5.41 Å². The smallest absolute Gasteiger partial charge is 0.240 e. The Labute approximate surface area is 104 Å². The molecule has 94 valence electrons. The van der Waals surface area contributed by atoms with Crippen molar-refractivity contribution in [2.45, 2.75) is 51.9 Å². The van der Waals surface area contributed by atoms with Crippen LogP contribution in [0.25, 0.3) is 0 Å². The highest BCUT2D eigenvalue weighted by atomic mass is 16.2. The third-order valence-electron chi connectivity index (χ3n) is 4.37. The van der Waals surface area contributed by atoms with Gasteiger partial charge in [-0.15, -0.1) is 0 Å². The molecule has 2 fully saturated rings. The van der Waals surface area contributed by atoms with Gasteiger partial charge in [-0.1, -0.05) is 26.2 Å². The van der Waals surface area contributed by atoms with Crippen LogP contribution in [0, 0.1) is 28.6 Å². The highest BCUT2D eigenvalue weighted by Gasteiger charge is 2.40. The molecule has 1 unspecified atom stereocenters. The molecule has 2 saturated carbocycles. The van der Waals surface area contributed by atoms with Crippen molar-refractivity contribution < 1.29 is 4.79 Å². The van der Waals surface area contributed by atoms with E-state index < -0.39 is 5.41 Å². The van der Waals surface area contributed by atoms with Gasteiger partial charge in [0, 0.05) is 6.54 Å². The van der Waals surface area contributed by atoms with Crippen molar-refractivity contribution in [2.75, 3.05) is 6.54 Å². The van der Waals surface area contributed by atoms with E-state index in [2.05, 4.69) is 18.3 Å². The van der Waals surface area contributed by atoms with E-state index in [1.807, 2.05) is 0 Å². The maximum Gasteiger partial charge on any atom is 0.240 e. The summed E-state index contributed by atoms with van der Waals surface area (Å²) >= 11 is 0. The van der Waals surface area contributed by atoms with Crippen molar-refractivity contribution in [3.8, 4) is 6.07 Å². The van der Waals surface area contributed by atoms with Crippen LogP contribution < -0.4 is 5.32 Å². The molecule has 0 radical (unpaired) electrons. The standard InChI is InChI=1S/C14H22N2O/c1-11(12-5-6-12)9-16-13(17)14(10-15)7-3-2-4-8-14/h11-12H,2-9H2,1H3,(H,16,17). The number of nitrogens with one attached hydrogen (secondary N) is 1. The van der Waals surface area contributed by atoms with Crippen molar-refractivity contribution in [3.05, 3.63) is 0 Å². The number of rotatable bonds is 4. The lowest BCUT2D eigenvalue weighted by atomic mass is 9.74. The van der Waals surface area contributed by atoms with E-state index in [4.69, 9.17) is 0 Å². The number of hydrogen-bond donors (Lipinski definition) is 1. The molecule has 1 N–H and O–H groups in total. The van der Waals surface area contributed by atoms with Gasteiger partial charge in [0.2, 0.25) is 5.91 Å². The van der Waals surface area contributed by atoms with E-state index in [0.29, 0.717) is 5.92 Å². The van der Waals surface area contributed by atoms with Crippen LogP contribution in [0.5, 0.6) is 0 Å². The van der Waals surface area contributed by atoms with Crippen molar-refractivity contribution >= 4 is 5.91 Å². The van der Waals surface area contributed by atoms with Gasteiger partial charge in [-0.3, -0.25) is 4.79 Å². The van der Waals surface area contributed by atoms with Crippen LogP contribution in [0.2, 0.25) is 0 Å². The fraction of sp³-hybridized carbons (Fsp3) is 0.857. The molecule has 3 heteroatoms. The lowest BCUT2D eigenvalue weighted by molar-refractivity contribution is -0.129. The van der Waals surface area contributed by atoms with Crippen LogP contribution in [-0.4, -0.2) is 12.5 Å². The van der Waals surface area contributed by atoms with Crippen LogP contribution in [0.15, 0.2) is 0 Å². The van der Waals surface area contributed by atoms with E-state index >= 15 is 0 Å². The quantitative estimate of drug-likeness (QED) is 0.813. The molecular weight excluding hydrogens is 212 g/mol. The zero-order valence-electron chi connectivity index (χ0n) is 10.7. The second-order valence-corrected chi connectivity index (χ2v) is 5.78. The lowest BCUT2D eigenvalue weighted by Gasteiger charge is -2.29. The Balaban J connectivity index is 1.86. The summed E-state index contributed by atoms with van der Waals surface area (Å²) in [5, 5.41) is 12.3. The van der Waals surface area contributed by atoms with Crippen LogP contribution in [0.1, 0.15) is 51.9 Å². The molecule has 17 heavy (non-hydrogen) atoms. The summed E-state index contributed by atoms with van der Waals surface area (Å²) in [5.41, 5.74) is -0.721. The molecule has 0 aromatic rings. The highest BCUT2D eigenvalue weighted by Crippen LogP contribution is 2.37. The summed E-state index contributed by atoms with van der Waals surface area (Å²) in [7, 11) is 0. The predicted octanol–water partition coefficient (Wildman–Crippen LogP) is 2.62. The van der Waals surface area contributed by atoms with Crippen LogP contribution in [0.4, 0.5) is 0 Å². The third-order valence-corrected chi connectivity index (χ3v) is 4.37. The van der Waals surface area contributed by atoms with Crippen molar-refractivity contribution in [1.29, 1.82) is 5.26 Å². The van der Waals surface area contributed by atoms with Crippen molar-refractivity contribution in [3.63, 3.8) is 0 Å². The van der Waals surface area contributed by atoms with Gasteiger partial charge in [-0.05, 0) is 37.5 Å². The van der Waals surface area contributed by atoms with Crippen molar-refractivity contribution in [2.24, 2.45) is 17.3 Å². The van der Waals surface area contributed by atoms with E-state index in [9.17, 15) is 10.1 Å². The largest absolute Gasteiger partial charge is 0.354 e. The number of nitriles is 1. The topological polar surface area (TPSA) is 52.9 Å².